The molecule has 0 aromatic rings. The molecule has 0 aliphatic carbocycles. The Balaban J connectivity index is 2.75. The van der Waals surface area contributed by atoms with E-state index in [1.54, 1.807) is 20.8 Å². The zero-order valence-electron chi connectivity index (χ0n) is 12.9. The molecule has 20 heavy (non-hydrogen) atoms. The lowest BCUT2D eigenvalue weighted by molar-refractivity contribution is -0.146. The van der Waals surface area contributed by atoms with E-state index in [1.807, 2.05) is 13.8 Å². The summed E-state index contributed by atoms with van der Waals surface area (Å²) in [5.41, 5.74) is 0.620. The van der Waals surface area contributed by atoms with Crippen molar-refractivity contribution in [2.75, 3.05) is 13.2 Å². The van der Waals surface area contributed by atoms with Gasteiger partial charge in [0, 0.05) is 0 Å². The van der Waals surface area contributed by atoms with Crippen molar-refractivity contribution in [2.45, 2.75) is 59.2 Å². The molecule has 1 rings (SSSR count). The lowest BCUT2D eigenvalue weighted by atomic mass is 10.00. The summed E-state index contributed by atoms with van der Waals surface area (Å²) in [5, 5.41) is 0. The van der Waals surface area contributed by atoms with E-state index in [4.69, 9.17) is 14.2 Å². The number of hydrogen-bond acceptors (Lipinski definition) is 5. The van der Waals surface area contributed by atoms with Gasteiger partial charge in [0.25, 0.3) is 0 Å². The molecule has 0 spiro atoms. The van der Waals surface area contributed by atoms with Gasteiger partial charge < -0.3 is 14.2 Å². The highest BCUT2D eigenvalue weighted by molar-refractivity contribution is 6.14. The van der Waals surface area contributed by atoms with Crippen molar-refractivity contribution in [1.29, 1.82) is 0 Å². The van der Waals surface area contributed by atoms with Crippen LogP contribution >= 0.6 is 0 Å². The summed E-state index contributed by atoms with van der Waals surface area (Å²) >= 11 is 0. The van der Waals surface area contributed by atoms with E-state index in [2.05, 4.69) is 0 Å². The average Bonchev–Trinajstić information content (AvgIpc) is 2.95. The fraction of sp³-hybridized carbons (Fsp3) is 0.733. The molecule has 1 fully saturated rings. The fourth-order valence-electron chi connectivity index (χ4n) is 2.05. The van der Waals surface area contributed by atoms with Crippen LogP contribution in [0.25, 0.3) is 0 Å². The maximum Gasteiger partial charge on any atom is 0.345 e. The summed E-state index contributed by atoms with van der Waals surface area (Å²) in [7, 11) is 0. The molecular formula is C15H24O5. The summed E-state index contributed by atoms with van der Waals surface area (Å²) < 4.78 is 15.3. The van der Waals surface area contributed by atoms with E-state index < -0.39 is 11.9 Å². The number of epoxide rings is 1. The maximum absolute atomic E-state index is 11.9. The van der Waals surface area contributed by atoms with Gasteiger partial charge in [-0.05, 0) is 47.5 Å². The predicted molar refractivity (Wildman–Crippen MR) is 74.2 cm³/mol. The van der Waals surface area contributed by atoms with Gasteiger partial charge in [-0.15, -0.1) is 0 Å². The average molecular weight is 284 g/mol. The Bertz CT molecular complexity index is 388. The molecule has 1 heterocycles. The summed E-state index contributed by atoms with van der Waals surface area (Å²) in [4.78, 5) is 23.8. The van der Waals surface area contributed by atoms with Crippen LogP contribution in [0.1, 0.15) is 47.5 Å². The van der Waals surface area contributed by atoms with E-state index >= 15 is 0 Å². The van der Waals surface area contributed by atoms with Gasteiger partial charge in [0.05, 0.1) is 24.9 Å². The van der Waals surface area contributed by atoms with Gasteiger partial charge in [-0.25, -0.2) is 9.59 Å². The van der Waals surface area contributed by atoms with E-state index in [0.29, 0.717) is 12.0 Å². The zero-order chi connectivity index (χ0) is 15.3. The molecule has 5 nitrogen and oxygen atoms in total. The van der Waals surface area contributed by atoms with Crippen molar-refractivity contribution >= 4 is 11.9 Å². The highest BCUT2D eigenvalue weighted by atomic mass is 16.6. The van der Waals surface area contributed by atoms with Crippen LogP contribution in [0.5, 0.6) is 0 Å². The lowest BCUT2D eigenvalue weighted by Gasteiger charge is -2.10. The number of esters is 2. The van der Waals surface area contributed by atoms with Gasteiger partial charge in [0.2, 0.25) is 0 Å². The van der Waals surface area contributed by atoms with E-state index in [1.165, 1.54) is 0 Å². The van der Waals surface area contributed by atoms with Crippen LogP contribution in [0.15, 0.2) is 11.1 Å². The molecule has 1 aliphatic rings. The monoisotopic (exact) mass is 284 g/mol. The molecule has 0 aromatic heterocycles. The Kier molecular flexibility index (Phi) is 5.74. The van der Waals surface area contributed by atoms with E-state index in [0.717, 1.165) is 6.42 Å². The first-order chi connectivity index (χ1) is 9.33. The predicted octanol–water partition coefficient (Wildman–Crippen LogP) is 2.39. The summed E-state index contributed by atoms with van der Waals surface area (Å²) in [6, 6.07) is 0. The summed E-state index contributed by atoms with van der Waals surface area (Å²) in [6.07, 6.45) is 1.57. The number of carbonyl (C=O) groups excluding carboxylic acids is 2. The van der Waals surface area contributed by atoms with Gasteiger partial charge in [0.15, 0.2) is 0 Å². The molecule has 0 bridgehead atoms. The molecule has 5 heteroatoms. The summed E-state index contributed by atoms with van der Waals surface area (Å²) in [6.45, 7) is 9.68. The Hall–Kier alpha value is -1.36. The van der Waals surface area contributed by atoms with Crippen LogP contribution in [-0.4, -0.2) is 36.9 Å². The molecule has 1 unspecified atom stereocenters. The number of ether oxygens (including phenoxy) is 3. The zero-order valence-corrected chi connectivity index (χ0v) is 12.9. The maximum atomic E-state index is 11.9. The van der Waals surface area contributed by atoms with Crippen LogP contribution in [0.2, 0.25) is 0 Å². The van der Waals surface area contributed by atoms with Crippen LogP contribution in [0.3, 0.4) is 0 Å². The molecule has 114 valence electrons. The van der Waals surface area contributed by atoms with Crippen LogP contribution in [0, 0.1) is 0 Å². The normalized spacial score (nSPS) is 19.1. The Morgan fingerprint density at radius 3 is 1.90 bits per heavy atom. The van der Waals surface area contributed by atoms with E-state index in [9.17, 15) is 9.59 Å². The first-order valence-electron chi connectivity index (χ1n) is 7.05. The minimum Gasteiger partial charge on any atom is -0.462 e. The Morgan fingerprint density at radius 1 is 1.10 bits per heavy atom. The standard InChI is InChI=1S/C15H24O5/c1-6-18-13(16)12(14(17)19-7-2)10(3)8-9-11-15(4,5)20-11/h11H,6-9H2,1-5H3. The van der Waals surface area contributed by atoms with Crippen LogP contribution in [0.4, 0.5) is 0 Å². The third-order valence-corrected chi connectivity index (χ3v) is 3.33. The van der Waals surface area contributed by atoms with Crippen molar-refractivity contribution in [2.24, 2.45) is 0 Å². The molecule has 0 N–H and O–H groups in total. The van der Waals surface area contributed by atoms with Crippen LogP contribution < -0.4 is 0 Å². The van der Waals surface area contributed by atoms with Crippen molar-refractivity contribution in [3.05, 3.63) is 11.1 Å². The van der Waals surface area contributed by atoms with Crippen molar-refractivity contribution in [3.63, 3.8) is 0 Å². The van der Waals surface area contributed by atoms with Crippen molar-refractivity contribution in [1.82, 2.24) is 0 Å². The van der Waals surface area contributed by atoms with Gasteiger partial charge in [-0.3, -0.25) is 0 Å². The minimum atomic E-state index is -0.612. The molecule has 0 aromatic carbocycles. The molecular weight excluding hydrogens is 260 g/mol. The Labute approximate surface area is 120 Å². The van der Waals surface area contributed by atoms with Gasteiger partial charge >= 0.3 is 11.9 Å². The lowest BCUT2D eigenvalue weighted by Crippen LogP contribution is -2.20. The first-order valence-corrected chi connectivity index (χ1v) is 7.05. The third kappa shape index (κ3) is 4.34. The molecule has 0 radical (unpaired) electrons. The number of rotatable bonds is 7. The molecule has 1 saturated heterocycles. The number of hydrogen-bond donors (Lipinski definition) is 0. The molecule has 0 amide bonds. The van der Waals surface area contributed by atoms with Gasteiger partial charge in [-0.2, -0.15) is 0 Å². The highest BCUT2D eigenvalue weighted by Gasteiger charge is 2.47. The van der Waals surface area contributed by atoms with Gasteiger partial charge in [0.1, 0.15) is 5.57 Å². The SMILES string of the molecule is CCOC(=O)C(C(=O)OCC)=C(C)CCC1OC1(C)C. The second kappa shape index (κ2) is 6.88. The summed E-state index contributed by atoms with van der Waals surface area (Å²) in [5.74, 6) is -1.22. The second-order valence-corrected chi connectivity index (χ2v) is 5.34. The fourth-order valence-corrected chi connectivity index (χ4v) is 2.05. The number of carbonyl (C=O) groups is 2. The third-order valence-electron chi connectivity index (χ3n) is 3.33. The minimum absolute atomic E-state index is 0.0205. The Morgan fingerprint density at radius 2 is 1.55 bits per heavy atom. The highest BCUT2D eigenvalue weighted by Crippen LogP contribution is 2.39. The van der Waals surface area contributed by atoms with Crippen LogP contribution in [-0.2, 0) is 23.8 Å². The number of allylic oxidation sites excluding steroid dienone is 1. The first kappa shape index (κ1) is 16.7. The smallest absolute Gasteiger partial charge is 0.345 e. The quantitative estimate of drug-likeness (QED) is 0.236. The van der Waals surface area contributed by atoms with Crippen molar-refractivity contribution in [3.8, 4) is 0 Å². The topological polar surface area (TPSA) is 65.1 Å². The molecule has 1 atom stereocenters. The van der Waals surface area contributed by atoms with Crippen molar-refractivity contribution < 1.29 is 23.8 Å². The van der Waals surface area contributed by atoms with E-state index in [-0.39, 0.29) is 30.5 Å². The second-order valence-electron chi connectivity index (χ2n) is 5.34. The van der Waals surface area contributed by atoms with Gasteiger partial charge in [-0.1, -0.05) is 5.57 Å². The largest absolute Gasteiger partial charge is 0.462 e. The molecule has 1 aliphatic heterocycles. The molecule has 0 saturated carbocycles.